The highest BCUT2D eigenvalue weighted by Gasteiger charge is 2.25. The van der Waals surface area contributed by atoms with Crippen molar-refractivity contribution in [2.24, 2.45) is 0 Å². The van der Waals surface area contributed by atoms with Crippen molar-refractivity contribution in [3.05, 3.63) is 46.6 Å². The van der Waals surface area contributed by atoms with Crippen LogP contribution in [0, 0.1) is 0 Å². The van der Waals surface area contributed by atoms with E-state index in [-0.39, 0.29) is 0 Å². The smallest absolute Gasteiger partial charge is 0.229 e. The van der Waals surface area contributed by atoms with Gasteiger partial charge in [0.25, 0.3) is 0 Å². The Morgan fingerprint density at radius 2 is 1.91 bits per heavy atom. The standard InChI is InChI=1S/C18H24ClN3O/c1-13(2)17-20-18(23-21-17)15-8-11-22(12-9-15)10-7-14-3-5-16(19)6-4-14/h3-6,13,15H,7-12H2,1-2H3. The number of nitrogens with zero attached hydrogens (tertiary/aromatic N) is 3. The number of hydrogen-bond donors (Lipinski definition) is 0. The Bertz CT molecular complexity index is 615. The molecule has 2 heterocycles. The van der Waals surface area contributed by atoms with Crippen LogP contribution < -0.4 is 0 Å². The highest BCUT2D eigenvalue weighted by atomic mass is 35.5. The highest BCUT2D eigenvalue weighted by molar-refractivity contribution is 6.30. The molecule has 3 rings (SSSR count). The van der Waals surface area contributed by atoms with Gasteiger partial charge in [0.15, 0.2) is 5.82 Å². The molecule has 1 fully saturated rings. The second-order valence-electron chi connectivity index (χ2n) is 6.64. The average Bonchev–Trinajstić information content (AvgIpc) is 3.05. The molecule has 4 nitrogen and oxygen atoms in total. The third kappa shape index (κ3) is 4.33. The normalized spacial score (nSPS) is 17.0. The minimum atomic E-state index is 0.326. The van der Waals surface area contributed by atoms with E-state index in [0.29, 0.717) is 11.8 Å². The maximum Gasteiger partial charge on any atom is 0.229 e. The van der Waals surface area contributed by atoms with E-state index in [1.807, 2.05) is 12.1 Å². The minimum absolute atomic E-state index is 0.326. The largest absolute Gasteiger partial charge is 0.339 e. The van der Waals surface area contributed by atoms with E-state index < -0.39 is 0 Å². The molecule has 0 atom stereocenters. The Balaban J connectivity index is 1.47. The fourth-order valence-electron chi connectivity index (χ4n) is 2.99. The summed E-state index contributed by atoms with van der Waals surface area (Å²) in [5.41, 5.74) is 1.34. The molecule has 1 saturated heterocycles. The molecule has 1 aromatic carbocycles. The van der Waals surface area contributed by atoms with Crippen molar-refractivity contribution in [3.63, 3.8) is 0 Å². The molecule has 5 heteroatoms. The SMILES string of the molecule is CC(C)c1noc(C2CCN(CCc3ccc(Cl)cc3)CC2)n1. The van der Waals surface area contributed by atoms with E-state index in [2.05, 4.69) is 41.0 Å². The fraction of sp³-hybridized carbons (Fsp3) is 0.556. The van der Waals surface area contributed by atoms with Gasteiger partial charge in [-0.05, 0) is 50.0 Å². The van der Waals surface area contributed by atoms with Crippen LogP contribution in [0.5, 0.6) is 0 Å². The number of likely N-dealkylation sites (tertiary alicyclic amines) is 1. The van der Waals surface area contributed by atoms with Crippen LogP contribution in [0.4, 0.5) is 0 Å². The molecule has 0 N–H and O–H groups in total. The van der Waals surface area contributed by atoms with Crippen LogP contribution in [0.3, 0.4) is 0 Å². The van der Waals surface area contributed by atoms with E-state index in [0.717, 1.165) is 55.6 Å². The van der Waals surface area contributed by atoms with Gasteiger partial charge < -0.3 is 9.42 Å². The lowest BCUT2D eigenvalue weighted by Gasteiger charge is -2.30. The predicted molar refractivity (Wildman–Crippen MR) is 92.0 cm³/mol. The molecule has 0 spiro atoms. The lowest BCUT2D eigenvalue weighted by molar-refractivity contribution is 0.196. The van der Waals surface area contributed by atoms with Crippen molar-refractivity contribution in [2.45, 2.75) is 44.9 Å². The summed E-state index contributed by atoms with van der Waals surface area (Å²) in [5.74, 6) is 2.39. The van der Waals surface area contributed by atoms with Gasteiger partial charge in [-0.2, -0.15) is 4.98 Å². The van der Waals surface area contributed by atoms with Crippen molar-refractivity contribution >= 4 is 11.6 Å². The van der Waals surface area contributed by atoms with Crippen molar-refractivity contribution in [2.75, 3.05) is 19.6 Å². The van der Waals surface area contributed by atoms with Gasteiger partial charge in [0.2, 0.25) is 5.89 Å². The fourth-order valence-corrected chi connectivity index (χ4v) is 3.12. The summed E-state index contributed by atoms with van der Waals surface area (Å²) >= 11 is 5.93. The molecule has 1 aliphatic rings. The molecule has 1 aromatic heterocycles. The monoisotopic (exact) mass is 333 g/mol. The molecule has 0 aliphatic carbocycles. The quantitative estimate of drug-likeness (QED) is 0.819. The number of aromatic nitrogens is 2. The maximum absolute atomic E-state index is 5.93. The van der Waals surface area contributed by atoms with Crippen LogP contribution in [0.1, 0.15) is 55.8 Å². The predicted octanol–water partition coefficient (Wildman–Crippen LogP) is 4.27. The van der Waals surface area contributed by atoms with Gasteiger partial charge in [0, 0.05) is 23.4 Å². The van der Waals surface area contributed by atoms with Crippen molar-refractivity contribution in [3.8, 4) is 0 Å². The molecule has 1 aliphatic heterocycles. The summed E-state index contributed by atoms with van der Waals surface area (Å²) in [5, 5.41) is 4.88. The van der Waals surface area contributed by atoms with Crippen LogP contribution >= 0.6 is 11.6 Å². The van der Waals surface area contributed by atoms with Gasteiger partial charge in [-0.3, -0.25) is 0 Å². The summed E-state index contributed by atoms with van der Waals surface area (Å²) in [6.07, 6.45) is 3.26. The second-order valence-corrected chi connectivity index (χ2v) is 7.07. The first-order valence-electron chi connectivity index (χ1n) is 8.42. The molecule has 2 aromatic rings. The molecule has 0 saturated carbocycles. The molecule has 0 radical (unpaired) electrons. The molecular weight excluding hydrogens is 310 g/mol. The second kappa shape index (κ2) is 7.45. The summed E-state index contributed by atoms with van der Waals surface area (Å²) in [6.45, 7) is 7.47. The number of halogens is 1. The number of hydrogen-bond acceptors (Lipinski definition) is 4. The summed E-state index contributed by atoms with van der Waals surface area (Å²) in [4.78, 5) is 7.07. The van der Waals surface area contributed by atoms with Gasteiger partial charge in [-0.15, -0.1) is 0 Å². The topological polar surface area (TPSA) is 42.2 Å². The number of benzene rings is 1. The first-order chi connectivity index (χ1) is 11.1. The summed E-state index contributed by atoms with van der Waals surface area (Å²) in [6, 6.07) is 8.15. The summed E-state index contributed by atoms with van der Waals surface area (Å²) in [7, 11) is 0. The number of rotatable bonds is 5. The molecule has 0 bridgehead atoms. The van der Waals surface area contributed by atoms with Crippen LogP contribution in [-0.2, 0) is 6.42 Å². The molecule has 0 unspecified atom stereocenters. The number of piperidine rings is 1. The zero-order valence-corrected chi connectivity index (χ0v) is 14.6. The summed E-state index contributed by atoms with van der Waals surface area (Å²) < 4.78 is 5.45. The van der Waals surface area contributed by atoms with Crippen molar-refractivity contribution in [1.29, 1.82) is 0 Å². The first-order valence-corrected chi connectivity index (χ1v) is 8.80. The van der Waals surface area contributed by atoms with E-state index in [1.165, 1.54) is 5.56 Å². The lowest BCUT2D eigenvalue weighted by atomic mass is 9.96. The third-order valence-corrected chi connectivity index (χ3v) is 4.79. The van der Waals surface area contributed by atoms with E-state index in [9.17, 15) is 0 Å². The highest BCUT2D eigenvalue weighted by Crippen LogP contribution is 2.27. The first kappa shape index (κ1) is 16.5. The van der Waals surface area contributed by atoms with Crippen LogP contribution in [-0.4, -0.2) is 34.7 Å². The zero-order chi connectivity index (χ0) is 16.2. The van der Waals surface area contributed by atoms with Gasteiger partial charge in [0.1, 0.15) is 0 Å². The third-order valence-electron chi connectivity index (χ3n) is 4.54. The lowest BCUT2D eigenvalue weighted by Crippen LogP contribution is -2.34. The van der Waals surface area contributed by atoms with Crippen LogP contribution in [0.2, 0.25) is 5.02 Å². The Kier molecular flexibility index (Phi) is 5.34. The van der Waals surface area contributed by atoms with E-state index in [1.54, 1.807) is 0 Å². The van der Waals surface area contributed by atoms with Gasteiger partial charge in [0.05, 0.1) is 0 Å². The van der Waals surface area contributed by atoms with E-state index in [4.69, 9.17) is 16.1 Å². The zero-order valence-electron chi connectivity index (χ0n) is 13.8. The van der Waals surface area contributed by atoms with Crippen LogP contribution in [0.25, 0.3) is 0 Å². The van der Waals surface area contributed by atoms with Crippen molar-refractivity contribution in [1.82, 2.24) is 15.0 Å². The van der Waals surface area contributed by atoms with Gasteiger partial charge in [-0.25, -0.2) is 0 Å². The van der Waals surface area contributed by atoms with Crippen molar-refractivity contribution < 1.29 is 4.52 Å². The Hall–Kier alpha value is -1.39. The van der Waals surface area contributed by atoms with Crippen LogP contribution in [0.15, 0.2) is 28.8 Å². The Labute approximate surface area is 142 Å². The Morgan fingerprint density at radius 1 is 1.22 bits per heavy atom. The van der Waals surface area contributed by atoms with E-state index >= 15 is 0 Å². The molecule has 124 valence electrons. The molecule has 0 amide bonds. The average molecular weight is 334 g/mol. The molecule has 23 heavy (non-hydrogen) atoms. The minimum Gasteiger partial charge on any atom is -0.339 e. The Morgan fingerprint density at radius 3 is 2.52 bits per heavy atom. The maximum atomic E-state index is 5.93. The molecular formula is C18H24ClN3O. The van der Waals surface area contributed by atoms with Gasteiger partial charge in [-0.1, -0.05) is 42.7 Å². The van der Waals surface area contributed by atoms with Gasteiger partial charge >= 0.3 is 0 Å².